The van der Waals surface area contributed by atoms with Gasteiger partial charge >= 0.3 is 0 Å². The van der Waals surface area contributed by atoms with E-state index in [1.54, 1.807) is 0 Å². The van der Waals surface area contributed by atoms with Crippen molar-refractivity contribution in [2.45, 2.75) is 46.6 Å². The predicted octanol–water partition coefficient (Wildman–Crippen LogP) is 2.70. The molecule has 2 N–H and O–H groups in total. The minimum Gasteiger partial charge on any atom is -0.283 e. The average molecular weight is 313 g/mol. The van der Waals surface area contributed by atoms with E-state index in [4.69, 9.17) is 0 Å². The largest absolute Gasteiger partial charge is 0.283 e. The highest BCUT2D eigenvalue weighted by atomic mass is 15.4. The van der Waals surface area contributed by atoms with Crippen LogP contribution >= 0.6 is 0 Å². The van der Waals surface area contributed by atoms with Gasteiger partial charge in [0, 0.05) is 17.8 Å². The molecule has 0 unspecified atom stereocenters. The highest BCUT2D eigenvalue weighted by Crippen LogP contribution is 2.19. The first kappa shape index (κ1) is 15.5. The van der Waals surface area contributed by atoms with E-state index in [0.29, 0.717) is 5.92 Å². The summed E-state index contributed by atoms with van der Waals surface area (Å²) in [5, 5.41) is 23.1. The SMILES string of the molecule is Cc1cc(C[C@H](C)n2cc(-c3cc(CC(C)C)[nH]n3)nn2)n[nH]1. The van der Waals surface area contributed by atoms with Crippen LogP contribution in [0.2, 0.25) is 0 Å². The summed E-state index contributed by atoms with van der Waals surface area (Å²) in [5.74, 6) is 0.594. The maximum atomic E-state index is 4.34. The third kappa shape index (κ3) is 3.67. The van der Waals surface area contributed by atoms with Gasteiger partial charge in [-0.3, -0.25) is 10.2 Å². The molecule has 0 bridgehead atoms. The monoisotopic (exact) mass is 313 g/mol. The van der Waals surface area contributed by atoms with Gasteiger partial charge in [-0.2, -0.15) is 10.2 Å². The molecule has 0 aliphatic heterocycles. The molecule has 3 rings (SSSR count). The van der Waals surface area contributed by atoms with E-state index in [-0.39, 0.29) is 6.04 Å². The molecule has 0 amide bonds. The van der Waals surface area contributed by atoms with Crippen molar-refractivity contribution in [3.63, 3.8) is 0 Å². The lowest BCUT2D eigenvalue weighted by atomic mass is 10.1. The highest BCUT2D eigenvalue weighted by molar-refractivity contribution is 5.52. The van der Waals surface area contributed by atoms with E-state index >= 15 is 0 Å². The van der Waals surface area contributed by atoms with Crippen LogP contribution < -0.4 is 0 Å². The Hall–Kier alpha value is -2.44. The van der Waals surface area contributed by atoms with Crippen LogP contribution in [0.15, 0.2) is 18.3 Å². The zero-order valence-electron chi connectivity index (χ0n) is 14.0. The van der Waals surface area contributed by atoms with Crippen molar-refractivity contribution >= 4 is 0 Å². The Kier molecular flexibility index (Phi) is 4.27. The topological polar surface area (TPSA) is 88.1 Å². The van der Waals surface area contributed by atoms with E-state index < -0.39 is 0 Å². The fourth-order valence-corrected chi connectivity index (χ4v) is 2.62. The quantitative estimate of drug-likeness (QED) is 0.732. The Morgan fingerprint density at radius 2 is 1.87 bits per heavy atom. The maximum absolute atomic E-state index is 4.34. The van der Waals surface area contributed by atoms with Gasteiger partial charge in [-0.05, 0) is 38.3 Å². The van der Waals surface area contributed by atoms with Crippen molar-refractivity contribution < 1.29 is 0 Å². The van der Waals surface area contributed by atoms with E-state index in [1.165, 1.54) is 0 Å². The molecule has 7 heteroatoms. The first-order valence-corrected chi connectivity index (χ1v) is 7.98. The van der Waals surface area contributed by atoms with Crippen LogP contribution in [0, 0.1) is 12.8 Å². The molecule has 0 radical (unpaired) electrons. The van der Waals surface area contributed by atoms with Gasteiger partial charge in [-0.1, -0.05) is 19.1 Å². The van der Waals surface area contributed by atoms with Gasteiger partial charge in [0.25, 0.3) is 0 Å². The zero-order chi connectivity index (χ0) is 16.4. The molecule has 122 valence electrons. The molecule has 0 aromatic carbocycles. The summed E-state index contributed by atoms with van der Waals surface area (Å²) in [6, 6.07) is 4.30. The van der Waals surface area contributed by atoms with Gasteiger partial charge in [0.15, 0.2) is 0 Å². The molecular weight excluding hydrogens is 290 g/mol. The molecular formula is C16H23N7. The standard InChI is InChI=1S/C16H23N7/c1-10(2)5-13-8-15(20-19-13)16-9-23(22-21-16)12(4)7-14-6-11(3)17-18-14/h6,8-10,12H,5,7H2,1-4H3,(H,17,18)(H,19,20)/t12-/m0/s1. The van der Waals surface area contributed by atoms with E-state index in [1.807, 2.05) is 17.8 Å². The second-order valence-electron chi connectivity index (χ2n) is 6.56. The maximum Gasteiger partial charge on any atom is 0.133 e. The molecule has 3 heterocycles. The van der Waals surface area contributed by atoms with E-state index in [2.05, 4.69) is 63.6 Å². The second kappa shape index (κ2) is 6.36. The van der Waals surface area contributed by atoms with Crippen LogP contribution in [0.4, 0.5) is 0 Å². The van der Waals surface area contributed by atoms with Crippen molar-refractivity contribution in [1.82, 2.24) is 35.4 Å². The summed E-state index contributed by atoms with van der Waals surface area (Å²) in [4.78, 5) is 0. The van der Waals surface area contributed by atoms with Crippen LogP contribution in [0.3, 0.4) is 0 Å². The Morgan fingerprint density at radius 1 is 1.04 bits per heavy atom. The molecule has 7 nitrogen and oxygen atoms in total. The number of nitrogens with zero attached hydrogens (tertiary/aromatic N) is 5. The molecule has 0 saturated carbocycles. The molecule has 0 saturated heterocycles. The molecule has 0 aliphatic rings. The molecule has 0 aliphatic carbocycles. The normalized spacial score (nSPS) is 12.9. The molecule has 3 aromatic heterocycles. The number of aromatic amines is 2. The van der Waals surface area contributed by atoms with Gasteiger partial charge in [0.1, 0.15) is 11.4 Å². The van der Waals surface area contributed by atoms with Crippen molar-refractivity contribution in [2.75, 3.05) is 0 Å². The lowest BCUT2D eigenvalue weighted by molar-refractivity contribution is 0.470. The van der Waals surface area contributed by atoms with Gasteiger partial charge in [0.2, 0.25) is 0 Å². The highest BCUT2D eigenvalue weighted by Gasteiger charge is 2.14. The minimum absolute atomic E-state index is 0.188. The second-order valence-corrected chi connectivity index (χ2v) is 6.56. The Morgan fingerprint density at radius 3 is 2.57 bits per heavy atom. The summed E-state index contributed by atoms with van der Waals surface area (Å²) < 4.78 is 1.87. The van der Waals surface area contributed by atoms with Crippen LogP contribution in [-0.2, 0) is 12.8 Å². The van der Waals surface area contributed by atoms with E-state index in [0.717, 1.165) is 41.3 Å². The molecule has 0 fully saturated rings. The third-order valence-electron chi connectivity index (χ3n) is 3.75. The number of aromatic nitrogens is 7. The number of H-pyrrole nitrogens is 2. The summed E-state index contributed by atoms with van der Waals surface area (Å²) in [5.41, 5.74) is 4.87. The van der Waals surface area contributed by atoms with Crippen LogP contribution in [-0.4, -0.2) is 35.4 Å². The van der Waals surface area contributed by atoms with Gasteiger partial charge < -0.3 is 0 Å². The molecule has 0 spiro atoms. The van der Waals surface area contributed by atoms with E-state index in [9.17, 15) is 0 Å². The Bertz CT molecular complexity index is 765. The smallest absolute Gasteiger partial charge is 0.133 e. The average Bonchev–Trinajstić information content (AvgIpc) is 3.18. The number of hydrogen-bond donors (Lipinski definition) is 2. The van der Waals surface area contributed by atoms with Gasteiger partial charge in [0.05, 0.1) is 17.9 Å². The summed E-state index contributed by atoms with van der Waals surface area (Å²) in [7, 11) is 0. The summed E-state index contributed by atoms with van der Waals surface area (Å²) >= 11 is 0. The number of nitrogens with one attached hydrogen (secondary N) is 2. The first-order valence-electron chi connectivity index (χ1n) is 7.98. The lowest BCUT2D eigenvalue weighted by Gasteiger charge is -2.08. The molecule has 23 heavy (non-hydrogen) atoms. The molecule has 3 aromatic rings. The third-order valence-corrected chi connectivity index (χ3v) is 3.75. The molecule has 1 atom stereocenters. The van der Waals surface area contributed by atoms with Crippen LogP contribution in [0.25, 0.3) is 11.4 Å². The predicted molar refractivity (Wildman–Crippen MR) is 87.9 cm³/mol. The summed E-state index contributed by atoms with van der Waals surface area (Å²) in [6.07, 6.45) is 3.74. The van der Waals surface area contributed by atoms with Gasteiger partial charge in [-0.15, -0.1) is 5.10 Å². The fourth-order valence-electron chi connectivity index (χ4n) is 2.62. The lowest BCUT2D eigenvalue weighted by Crippen LogP contribution is -2.09. The van der Waals surface area contributed by atoms with Crippen molar-refractivity contribution in [3.8, 4) is 11.4 Å². The van der Waals surface area contributed by atoms with Gasteiger partial charge in [-0.25, -0.2) is 4.68 Å². The summed E-state index contributed by atoms with van der Waals surface area (Å²) in [6.45, 7) is 8.49. The Labute approximate surface area is 135 Å². The fraction of sp³-hybridized carbons (Fsp3) is 0.500. The number of aryl methyl sites for hydroxylation is 1. The number of rotatable bonds is 6. The Balaban J connectivity index is 1.70. The van der Waals surface area contributed by atoms with Crippen molar-refractivity contribution in [1.29, 1.82) is 0 Å². The number of hydrogen-bond acceptors (Lipinski definition) is 4. The van der Waals surface area contributed by atoms with Crippen molar-refractivity contribution in [3.05, 3.63) is 35.4 Å². The first-order chi connectivity index (χ1) is 11.0. The van der Waals surface area contributed by atoms with Crippen LogP contribution in [0.1, 0.15) is 43.9 Å². The zero-order valence-corrected chi connectivity index (χ0v) is 14.0. The van der Waals surface area contributed by atoms with Crippen molar-refractivity contribution in [2.24, 2.45) is 5.92 Å². The van der Waals surface area contributed by atoms with Crippen LogP contribution in [0.5, 0.6) is 0 Å². The minimum atomic E-state index is 0.188.